The van der Waals surface area contributed by atoms with E-state index in [-0.39, 0.29) is 0 Å². The molecule has 0 aliphatic carbocycles. The summed E-state index contributed by atoms with van der Waals surface area (Å²) in [5, 5.41) is 0. The summed E-state index contributed by atoms with van der Waals surface area (Å²) in [5.41, 5.74) is 3.22. The smallest absolute Gasteiger partial charge is 0.0544 e. The van der Waals surface area contributed by atoms with E-state index in [1.54, 1.807) is 0 Å². The van der Waals surface area contributed by atoms with Gasteiger partial charge in [-0.15, -0.1) is 0 Å². The first-order valence-corrected chi connectivity index (χ1v) is 9.40. The Balaban J connectivity index is 1.43. The first-order chi connectivity index (χ1) is 13.4. The predicted octanol–water partition coefficient (Wildman–Crippen LogP) is 3.52. The lowest BCUT2D eigenvalue weighted by Crippen LogP contribution is -2.26. The van der Waals surface area contributed by atoms with E-state index in [4.69, 9.17) is 4.74 Å². The summed E-state index contributed by atoms with van der Waals surface area (Å²) in [4.78, 5) is 15.6. The molecule has 0 unspecified atom stereocenters. The van der Waals surface area contributed by atoms with Gasteiger partial charge in [-0.3, -0.25) is 19.9 Å². The van der Waals surface area contributed by atoms with E-state index in [1.807, 2.05) is 61.1 Å². The Labute approximate surface area is 161 Å². The third-order valence-corrected chi connectivity index (χ3v) is 4.22. The van der Waals surface area contributed by atoms with Crippen LogP contribution in [0.1, 0.15) is 23.5 Å². The molecule has 0 atom stereocenters. The molecule has 0 N–H and O–H groups in total. The second-order valence-corrected chi connectivity index (χ2v) is 6.39. The minimum atomic E-state index is 0.706. The summed E-state index contributed by atoms with van der Waals surface area (Å²) >= 11 is 0. The molecule has 0 bridgehead atoms. The zero-order valence-corrected chi connectivity index (χ0v) is 15.6. The van der Waals surface area contributed by atoms with Gasteiger partial charge in [-0.05, 0) is 42.8 Å². The number of nitrogens with zero attached hydrogens (tertiary/aromatic N) is 4. The van der Waals surface area contributed by atoms with Gasteiger partial charge in [0, 0.05) is 56.9 Å². The Hall–Kier alpha value is -2.63. The van der Waals surface area contributed by atoms with Crippen molar-refractivity contribution in [1.29, 1.82) is 0 Å². The predicted molar refractivity (Wildman–Crippen MR) is 106 cm³/mol. The molecule has 0 amide bonds. The first-order valence-electron chi connectivity index (χ1n) is 9.40. The van der Waals surface area contributed by atoms with Gasteiger partial charge < -0.3 is 4.74 Å². The molecule has 5 nitrogen and oxygen atoms in total. The van der Waals surface area contributed by atoms with Crippen molar-refractivity contribution in [2.75, 3.05) is 19.8 Å². The Morgan fingerprint density at radius 2 is 1.22 bits per heavy atom. The molecule has 140 valence electrons. The number of hydrogen-bond donors (Lipinski definition) is 0. The van der Waals surface area contributed by atoms with Crippen molar-refractivity contribution in [2.24, 2.45) is 0 Å². The Kier molecular flexibility index (Phi) is 7.91. The van der Waals surface area contributed by atoms with Crippen molar-refractivity contribution in [1.82, 2.24) is 19.9 Å². The second-order valence-electron chi connectivity index (χ2n) is 6.39. The maximum atomic E-state index is 5.79. The summed E-state index contributed by atoms with van der Waals surface area (Å²) in [5.74, 6) is 0. The van der Waals surface area contributed by atoms with Crippen LogP contribution in [0.15, 0.2) is 73.2 Å². The van der Waals surface area contributed by atoms with Gasteiger partial charge in [0.1, 0.15) is 0 Å². The van der Waals surface area contributed by atoms with Crippen molar-refractivity contribution in [3.8, 4) is 0 Å². The lowest BCUT2D eigenvalue weighted by molar-refractivity contribution is 0.119. The fraction of sp³-hybridized carbons (Fsp3) is 0.318. The fourth-order valence-corrected chi connectivity index (χ4v) is 2.87. The first kappa shape index (κ1) is 19.1. The number of aromatic nitrogens is 3. The third-order valence-electron chi connectivity index (χ3n) is 4.22. The quantitative estimate of drug-likeness (QED) is 0.489. The van der Waals surface area contributed by atoms with Gasteiger partial charge in [0.05, 0.1) is 18.0 Å². The van der Waals surface area contributed by atoms with Crippen LogP contribution in [0.3, 0.4) is 0 Å². The van der Waals surface area contributed by atoms with E-state index in [9.17, 15) is 0 Å². The van der Waals surface area contributed by atoms with Crippen molar-refractivity contribution in [3.63, 3.8) is 0 Å². The van der Waals surface area contributed by atoms with Crippen molar-refractivity contribution < 1.29 is 4.74 Å². The molecule has 0 fully saturated rings. The molecule has 0 saturated heterocycles. The van der Waals surface area contributed by atoms with Crippen LogP contribution in [0.2, 0.25) is 0 Å². The van der Waals surface area contributed by atoms with E-state index >= 15 is 0 Å². The molecule has 3 aromatic heterocycles. The zero-order valence-electron chi connectivity index (χ0n) is 15.6. The summed E-state index contributed by atoms with van der Waals surface area (Å²) < 4.78 is 5.79. The van der Waals surface area contributed by atoms with E-state index < -0.39 is 0 Å². The van der Waals surface area contributed by atoms with Crippen LogP contribution in [0.4, 0.5) is 0 Å². The molecule has 0 spiro atoms. The molecular formula is C22H26N4O. The van der Waals surface area contributed by atoms with Crippen LogP contribution in [0, 0.1) is 0 Å². The number of ether oxygens (including phenoxy) is 1. The number of pyridine rings is 3. The SMILES string of the molecule is c1ccc(CCOCCCN(Cc2ccccn2)Cc2ccccn2)nc1. The van der Waals surface area contributed by atoms with Crippen molar-refractivity contribution in [3.05, 3.63) is 90.3 Å². The summed E-state index contributed by atoms with van der Waals surface area (Å²) in [7, 11) is 0. The van der Waals surface area contributed by atoms with E-state index in [0.717, 1.165) is 56.2 Å². The Morgan fingerprint density at radius 3 is 1.74 bits per heavy atom. The van der Waals surface area contributed by atoms with Crippen molar-refractivity contribution >= 4 is 0 Å². The van der Waals surface area contributed by atoms with Gasteiger partial charge in [-0.1, -0.05) is 18.2 Å². The minimum absolute atomic E-state index is 0.706. The molecule has 0 aliphatic rings. The van der Waals surface area contributed by atoms with Gasteiger partial charge in [0.2, 0.25) is 0 Å². The molecule has 0 saturated carbocycles. The molecule has 27 heavy (non-hydrogen) atoms. The second kappa shape index (κ2) is 11.2. The van der Waals surface area contributed by atoms with Gasteiger partial charge in [0.25, 0.3) is 0 Å². The largest absolute Gasteiger partial charge is 0.381 e. The third kappa shape index (κ3) is 7.25. The van der Waals surface area contributed by atoms with Gasteiger partial charge in [-0.25, -0.2) is 0 Å². The normalized spacial score (nSPS) is 11.0. The Morgan fingerprint density at radius 1 is 0.667 bits per heavy atom. The number of rotatable bonds is 11. The average Bonchev–Trinajstić information content (AvgIpc) is 2.73. The fourth-order valence-electron chi connectivity index (χ4n) is 2.87. The Bertz CT molecular complexity index is 712. The summed E-state index contributed by atoms with van der Waals surface area (Å²) in [6.07, 6.45) is 7.33. The molecule has 5 heteroatoms. The zero-order chi connectivity index (χ0) is 18.6. The maximum absolute atomic E-state index is 5.79. The monoisotopic (exact) mass is 362 g/mol. The highest BCUT2D eigenvalue weighted by atomic mass is 16.5. The van der Waals surface area contributed by atoms with Crippen LogP contribution < -0.4 is 0 Å². The van der Waals surface area contributed by atoms with Crippen LogP contribution >= 0.6 is 0 Å². The molecule has 0 aromatic carbocycles. The maximum Gasteiger partial charge on any atom is 0.0544 e. The molecular weight excluding hydrogens is 336 g/mol. The van der Waals surface area contributed by atoms with E-state index in [1.165, 1.54) is 0 Å². The average molecular weight is 362 g/mol. The van der Waals surface area contributed by atoms with Gasteiger partial charge in [-0.2, -0.15) is 0 Å². The topological polar surface area (TPSA) is 51.1 Å². The van der Waals surface area contributed by atoms with Crippen LogP contribution in [0.5, 0.6) is 0 Å². The van der Waals surface area contributed by atoms with E-state index in [2.05, 4.69) is 32.0 Å². The van der Waals surface area contributed by atoms with Crippen LogP contribution in [-0.4, -0.2) is 39.6 Å². The highest BCUT2D eigenvalue weighted by Crippen LogP contribution is 2.08. The molecule has 0 radical (unpaired) electrons. The summed E-state index contributed by atoms with van der Waals surface area (Å²) in [6, 6.07) is 18.1. The van der Waals surface area contributed by atoms with Gasteiger partial charge >= 0.3 is 0 Å². The highest BCUT2D eigenvalue weighted by molar-refractivity contribution is 5.06. The lowest BCUT2D eigenvalue weighted by atomic mass is 10.2. The minimum Gasteiger partial charge on any atom is -0.381 e. The standard InChI is InChI=1S/C22H26N4O/c1-4-12-23-20(8-1)11-17-27-16-7-15-26(18-21-9-2-5-13-24-21)19-22-10-3-6-14-25-22/h1-6,8-10,12-14H,7,11,15-19H2. The molecule has 3 rings (SSSR count). The lowest BCUT2D eigenvalue weighted by Gasteiger charge is -2.21. The van der Waals surface area contributed by atoms with Gasteiger partial charge in [0.15, 0.2) is 0 Å². The summed E-state index contributed by atoms with van der Waals surface area (Å²) in [6.45, 7) is 4.01. The molecule has 3 heterocycles. The van der Waals surface area contributed by atoms with Crippen LogP contribution in [0.25, 0.3) is 0 Å². The molecule has 3 aromatic rings. The van der Waals surface area contributed by atoms with Crippen LogP contribution in [-0.2, 0) is 24.2 Å². The number of hydrogen-bond acceptors (Lipinski definition) is 5. The van der Waals surface area contributed by atoms with Crippen molar-refractivity contribution in [2.45, 2.75) is 25.9 Å². The van der Waals surface area contributed by atoms with E-state index in [0.29, 0.717) is 6.61 Å². The molecule has 0 aliphatic heterocycles. The highest BCUT2D eigenvalue weighted by Gasteiger charge is 2.08.